The number of carbonyl (C=O) groups excluding carboxylic acids is 3. The van der Waals surface area contributed by atoms with E-state index >= 15 is 0 Å². The van der Waals surface area contributed by atoms with Gasteiger partial charge in [0.2, 0.25) is 17.7 Å². The first-order valence-corrected chi connectivity index (χ1v) is 12.7. The number of nitrogens with one attached hydrogen (secondary N) is 3. The number of halogens is 5. The predicted octanol–water partition coefficient (Wildman–Crippen LogP) is 3.66. The van der Waals surface area contributed by atoms with E-state index in [-0.39, 0.29) is 35.5 Å². The van der Waals surface area contributed by atoms with E-state index in [1.807, 2.05) is 6.07 Å². The number of piperidine rings is 1. The van der Waals surface area contributed by atoms with Crippen molar-refractivity contribution in [1.82, 2.24) is 20.5 Å². The lowest BCUT2D eigenvalue weighted by Gasteiger charge is -2.29. The Morgan fingerprint density at radius 2 is 2.03 bits per heavy atom. The highest BCUT2D eigenvalue weighted by Gasteiger charge is 2.58. The van der Waals surface area contributed by atoms with E-state index in [0.29, 0.717) is 19.4 Å². The molecule has 39 heavy (non-hydrogen) atoms. The number of benzene rings is 1. The number of alkyl halides is 4. The molecule has 3 N–H and O–H groups in total. The maximum absolute atomic E-state index is 14.4. The van der Waals surface area contributed by atoms with Crippen molar-refractivity contribution in [2.75, 3.05) is 13.1 Å². The van der Waals surface area contributed by atoms with Crippen LogP contribution in [0.25, 0.3) is 10.9 Å². The first kappa shape index (κ1) is 26.9. The molecule has 5 rings (SSSR count). The monoisotopic (exact) mass is 551 g/mol. The maximum Gasteiger partial charge on any atom is 0.271 e. The summed E-state index contributed by atoms with van der Waals surface area (Å²) in [5, 5.41) is 14.6. The second-order valence-electron chi connectivity index (χ2n) is 10.6. The number of hydrogen-bond acceptors (Lipinski definition) is 4. The third-order valence-corrected chi connectivity index (χ3v) is 8.03. The Kier molecular flexibility index (Phi) is 6.99. The van der Waals surface area contributed by atoms with Crippen LogP contribution in [0.5, 0.6) is 0 Å². The number of aromatic amines is 1. The highest BCUT2D eigenvalue weighted by atomic mass is 19.3. The van der Waals surface area contributed by atoms with Crippen molar-refractivity contribution in [3.05, 3.63) is 35.3 Å². The molecule has 2 aromatic rings. The summed E-state index contributed by atoms with van der Waals surface area (Å²) in [5.74, 6) is -7.86. The van der Waals surface area contributed by atoms with Gasteiger partial charge in [0, 0.05) is 42.8 Å². The van der Waals surface area contributed by atoms with Crippen molar-refractivity contribution in [1.29, 1.82) is 5.26 Å². The van der Waals surface area contributed by atoms with Crippen LogP contribution < -0.4 is 10.6 Å². The maximum atomic E-state index is 14.4. The van der Waals surface area contributed by atoms with Gasteiger partial charge in [-0.15, -0.1) is 0 Å². The minimum absolute atomic E-state index is 0.0245. The zero-order valence-electron chi connectivity index (χ0n) is 20.7. The SMILES string of the molecule is N#C[C@@H](C[C@@H]1CCCNC1=O)NC(=O)[C@@H]1[C@H]2CC(F)(F)C[C@H]2CN1C(=O)c1cc2c(F)ccc(C(F)F)c2[nH]1. The highest BCUT2D eigenvalue weighted by Crippen LogP contribution is 2.50. The smallest absolute Gasteiger partial charge is 0.271 e. The molecule has 1 aliphatic carbocycles. The Morgan fingerprint density at radius 1 is 1.26 bits per heavy atom. The first-order valence-electron chi connectivity index (χ1n) is 12.7. The van der Waals surface area contributed by atoms with Gasteiger partial charge in [-0.2, -0.15) is 5.26 Å². The number of likely N-dealkylation sites (tertiary alicyclic amines) is 1. The van der Waals surface area contributed by atoms with E-state index in [0.717, 1.165) is 23.1 Å². The van der Waals surface area contributed by atoms with Gasteiger partial charge in [-0.05, 0) is 49.3 Å². The fourth-order valence-corrected chi connectivity index (χ4v) is 6.25. The zero-order chi connectivity index (χ0) is 28.1. The second kappa shape index (κ2) is 10.1. The van der Waals surface area contributed by atoms with E-state index in [4.69, 9.17) is 0 Å². The molecule has 2 saturated heterocycles. The van der Waals surface area contributed by atoms with Crippen LogP contribution >= 0.6 is 0 Å². The Bertz CT molecular complexity index is 1360. The summed E-state index contributed by atoms with van der Waals surface area (Å²) in [4.78, 5) is 42.7. The number of amides is 3. The molecule has 0 radical (unpaired) electrons. The number of rotatable bonds is 6. The van der Waals surface area contributed by atoms with Gasteiger partial charge in [0.15, 0.2) is 0 Å². The number of fused-ring (bicyclic) bond motifs is 2. The van der Waals surface area contributed by atoms with E-state index < -0.39 is 78.2 Å². The summed E-state index contributed by atoms with van der Waals surface area (Å²) in [6, 6.07) is 2.30. The minimum atomic E-state index is -3.03. The van der Waals surface area contributed by atoms with Gasteiger partial charge in [0.1, 0.15) is 23.6 Å². The molecule has 5 atom stereocenters. The number of hydrogen-bond donors (Lipinski definition) is 3. The predicted molar refractivity (Wildman–Crippen MR) is 127 cm³/mol. The molecule has 0 unspecified atom stereocenters. The van der Waals surface area contributed by atoms with Gasteiger partial charge in [0.25, 0.3) is 12.3 Å². The minimum Gasteiger partial charge on any atom is -0.356 e. The molecule has 3 heterocycles. The van der Waals surface area contributed by atoms with Crippen molar-refractivity contribution >= 4 is 28.6 Å². The van der Waals surface area contributed by atoms with Crippen LogP contribution in [0.1, 0.15) is 54.6 Å². The van der Waals surface area contributed by atoms with Gasteiger partial charge in [-0.1, -0.05) is 0 Å². The molecule has 208 valence electrons. The fourth-order valence-electron chi connectivity index (χ4n) is 6.25. The van der Waals surface area contributed by atoms with Crippen molar-refractivity contribution < 1.29 is 36.3 Å². The molecule has 0 bridgehead atoms. The van der Waals surface area contributed by atoms with E-state index in [1.165, 1.54) is 0 Å². The fraction of sp³-hybridized carbons (Fsp3) is 0.538. The van der Waals surface area contributed by atoms with Gasteiger partial charge in [-0.25, -0.2) is 22.0 Å². The Balaban J connectivity index is 1.42. The number of carbonyl (C=O) groups is 3. The lowest BCUT2D eigenvalue weighted by atomic mass is 9.90. The van der Waals surface area contributed by atoms with Crippen LogP contribution in [-0.4, -0.2) is 58.7 Å². The third kappa shape index (κ3) is 5.04. The zero-order valence-corrected chi connectivity index (χ0v) is 20.7. The third-order valence-electron chi connectivity index (χ3n) is 8.03. The second-order valence-corrected chi connectivity index (χ2v) is 10.6. The number of H-pyrrole nitrogens is 1. The van der Waals surface area contributed by atoms with Gasteiger partial charge in [-0.3, -0.25) is 14.4 Å². The summed E-state index contributed by atoms with van der Waals surface area (Å²) in [6.07, 6.45) is -2.86. The first-order chi connectivity index (χ1) is 18.5. The van der Waals surface area contributed by atoms with Crippen LogP contribution in [0.2, 0.25) is 0 Å². The molecule has 1 saturated carbocycles. The molecule has 2 aliphatic heterocycles. The van der Waals surface area contributed by atoms with E-state index in [9.17, 15) is 41.6 Å². The van der Waals surface area contributed by atoms with Crippen LogP contribution in [0.15, 0.2) is 18.2 Å². The Morgan fingerprint density at radius 3 is 2.72 bits per heavy atom. The van der Waals surface area contributed by atoms with Crippen LogP contribution in [0.4, 0.5) is 22.0 Å². The van der Waals surface area contributed by atoms with Crippen molar-refractivity contribution in [3.63, 3.8) is 0 Å². The molecule has 8 nitrogen and oxygen atoms in total. The molecule has 13 heteroatoms. The molecule has 1 aromatic heterocycles. The van der Waals surface area contributed by atoms with Crippen molar-refractivity contribution in [2.24, 2.45) is 17.8 Å². The Hall–Kier alpha value is -3.69. The van der Waals surface area contributed by atoms with Gasteiger partial charge in [0.05, 0.1) is 11.6 Å². The molecule has 3 aliphatic rings. The quantitative estimate of drug-likeness (QED) is 0.475. The highest BCUT2D eigenvalue weighted by molar-refractivity contribution is 6.01. The molecule has 1 aromatic carbocycles. The molecule has 0 spiro atoms. The average Bonchev–Trinajstić information content (AvgIpc) is 3.54. The lowest BCUT2D eigenvalue weighted by Crippen LogP contribution is -2.52. The summed E-state index contributed by atoms with van der Waals surface area (Å²) in [6.45, 7) is 0.324. The normalized spacial score (nSPS) is 26.8. The summed E-state index contributed by atoms with van der Waals surface area (Å²) in [7, 11) is 0. The largest absolute Gasteiger partial charge is 0.356 e. The Labute approximate surface area is 219 Å². The summed E-state index contributed by atoms with van der Waals surface area (Å²) >= 11 is 0. The van der Waals surface area contributed by atoms with Crippen molar-refractivity contribution in [3.8, 4) is 6.07 Å². The van der Waals surface area contributed by atoms with E-state index in [2.05, 4.69) is 15.6 Å². The van der Waals surface area contributed by atoms with Gasteiger partial charge < -0.3 is 20.5 Å². The lowest BCUT2D eigenvalue weighted by molar-refractivity contribution is -0.129. The van der Waals surface area contributed by atoms with Crippen LogP contribution in [0.3, 0.4) is 0 Å². The molecular weight excluding hydrogens is 525 g/mol. The summed E-state index contributed by atoms with van der Waals surface area (Å²) < 4.78 is 69.9. The van der Waals surface area contributed by atoms with Crippen molar-refractivity contribution in [2.45, 2.75) is 56.5 Å². The molecule has 3 amide bonds. The molecule has 3 fully saturated rings. The van der Waals surface area contributed by atoms with Gasteiger partial charge >= 0.3 is 0 Å². The topological polar surface area (TPSA) is 118 Å². The molecular formula is C26H26F5N5O3. The van der Waals surface area contributed by atoms with E-state index in [1.54, 1.807) is 0 Å². The summed E-state index contributed by atoms with van der Waals surface area (Å²) in [5.41, 5.74) is -1.05. The number of nitriles is 1. The van der Waals surface area contributed by atoms with Crippen LogP contribution in [-0.2, 0) is 9.59 Å². The average molecular weight is 552 g/mol. The van der Waals surface area contributed by atoms with Crippen LogP contribution in [0, 0.1) is 34.9 Å². The number of nitrogens with zero attached hydrogens (tertiary/aromatic N) is 2. The standard InChI is InChI=1S/C26H26F5N5O3/c27-18-4-3-15(22(28)29)20-16(18)7-19(35-20)25(39)36-11-13-8-26(30,31)9-17(13)21(36)24(38)34-14(10-32)6-12-2-1-5-33-23(12)37/h3-4,7,12-14,17,21-22,35H,1-2,5-6,8-9,11H2,(H,33,37)(H,34,38)/t12-,13-,14+,17-,21-/m0/s1. The number of aromatic nitrogens is 1.